The molecule has 0 aliphatic carbocycles. The molecule has 2 aromatic heterocycles. The van der Waals surface area contributed by atoms with Crippen molar-refractivity contribution in [3.63, 3.8) is 0 Å². The maximum atomic E-state index is 14.5. The average Bonchev–Trinajstić information content (AvgIpc) is 3.53. The number of hydrogen-bond donors (Lipinski definition) is 1. The number of halogens is 2. The van der Waals surface area contributed by atoms with Crippen molar-refractivity contribution in [1.29, 1.82) is 0 Å². The third-order valence-corrected chi connectivity index (χ3v) is 8.66. The van der Waals surface area contributed by atoms with Crippen molar-refractivity contribution in [3.8, 4) is 17.3 Å². The molecule has 10 nitrogen and oxygen atoms in total. The summed E-state index contributed by atoms with van der Waals surface area (Å²) in [6.45, 7) is 7.60. The van der Waals surface area contributed by atoms with Gasteiger partial charge in [-0.15, -0.1) is 0 Å². The first kappa shape index (κ1) is 26.7. The van der Waals surface area contributed by atoms with Crippen molar-refractivity contribution in [2.75, 3.05) is 35.3 Å². The van der Waals surface area contributed by atoms with Gasteiger partial charge in [-0.1, -0.05) is 35.3 Å². The third kappa shape index (κ3) is 3.54. The van der Waals surface area contributed by atoms with E-state index in [-0.39, 0.29) is 11.7 Å². The van der Waals surface area contributed by atoms with Crippen molar-refractivity contribution < 1.29 is 14.3 Å². The molecule has 1 atom stereocenters. The topological polar surface area (TPSA) is 105 Å². The summed E-state index contributed by atoms with van der Waals surface area (Å²) >= 11 is 12.8. The largest absolute Gasteiger partial charge is 0.480 e. The second kappa shape index (κ2) is 9.43. The summed E-state index contributed by atoms with van der Waals surface area (Å²) in [5.74, 6) is 0.534. The van der Waals surface area contributed by atoms with Crippen LogP contribution in [0.15, 0.2) is 42.6 Å². The molecule has 1 spiro atoms. The Kier molecular flexibility index (Phi) is 6.00. The van der Waals surface area contributed by atoms with Crippen LogP contribution in [0.3, 0.4) is 0 Å². The van der Waals surface area contributed by atoms with E-state index in [4.69, 9.17) is 32.9 Å². The van der Waals surface area contributed by atoms with Gasteiger partial charge in [-0.25, -0.2) is 9.97 Å². The lowest BCUT2D eigenvalue weighted by Crippen LogP contribution is -2.51. The minimum atomic E-state index is -1.58. The van der Waals surface area contributed by atoms with E-state index in [1.54, 1.807) is 43.6 Å². The summed E-state index contributed by atoms with van der Waals surface area (Å²) in [7, 11) is 1.54. The number of imidazole rings is 1. The number of fused-ring (bicyclic) bond motifs is 4. The molecule has 12 heteroatoms. The van der Waals surface area contributed by atoms with Crippen LogP contribution >= 0.6 is 23.2 Å². The average molecular weight is 604 g/mol. The lowest BCUT2D eigenvalue weighted by atomic mass is 9.86. The number of nitrogens with zero attached hydrogens (tertiary/aromatic N) is 6. The number of nitrogens with one attached hydrogen (secondary N) is 1. The minimum Gasteiger partial charge on any atom is -0.480 e. The zero-order valence-corrected chi connectivity index (χ0v) is 24.9. The summed E-state index contributed by atoms with van der Waals surface area (Å²) in [6, 6.07) is 10.3. The molecular weight excluding hydrogens is 577 g/mol. The van der Waals surface area contributed by atoms with E-state index in [1.807, 2.05) is 31.4 Å². The lowest BCUT2D eigenvalue weighted by Gasteiger charge is -2.36. The van der Waals surface area contributed by atoms with E-state index >= 15 is 0 Å². The number of carbonyl (C=O) groups excluding carboxylic acids is 2. The Morgan fingerprint density at radius 2 is 1.79 bits per heavy atom. The fourth-order valence-corrected chi connectivity index (χ4v) is 6.50. The van der Waals surface area contributed by atoms with Gasteiger partial charge >= 0.3 is 0 Å². The number of aryl methyl sites for hydroxylation is 1. The second-order valence-electron chi connectivity index (χ2n) is 11.0. The van der Waals surface area contributed by atoms with Crippen LogP contribution in [-0.2, 0) is 10.3 Å². The summed E-state index contributed by atoms with van der Waals surface area (Å²) in [4.78, 5) is 46.7. The third-order valence-electron chi connectivity index (χ3n) is 8.19. The molecule has 2 aromatic carbocycles. The number of anilines is 3. The summed E-state index contributed by atoms with van der Waals surface area (Å²) < 4.78 is 7.63. The molecule has 3 aliphatic heterocycles. The van der Waals surface area contributed by atoms with Gasteiger partial charge in [0.05, 0.1) is 24.1 Å². The van der Waals surface area contributed by atoms with E-state index in [2.05, 4.69) is 20.2 Å². The first-order chi connectivity index (χ1) is 20.2. The monoisotopic (exact) mass is 603 g/mol. The van der Waals surface area contributed by atoms with Gasteiger partial charge in [-0.05, 0) is 57.0 Å². The predicted molar refractivity (Wildman–Crippen MR) is 161 cm³/mol. The van der Waals surface area contributed by atoms with E-state index in [9.17, 15) is 9.59 Å². The molecule has 1 unspecified atom stereocenters. The van der Waals surface area contributed by atoms with Gasteiger partial charge in [0.25, 0.3) is 11.8 Å². The molecule has 4 aromatic rings. The minimum absolute atomic E-state index is 0.157. The molecule has 2 amide bonds. The number of amides is 2. The molecule has 214 valence electrons. The zero-order chi connectivity index (χ0) is 29.5. The van der Waals surface area contributed by atoms with Gasteiger partial charge in [-0.2, -0.15) is 4.98 Å². The Morgan fingerprint density at radius 3 is 2.48 bits per heavy atom. The van der Waals surface area contributed by atoms with Gasteiger partial charge in [0, 0.05) is 46.6 Å². The Labute approximate surface area is 252 Å². The van der Waals surface area contributed by atoms with Crippen molar-refractivity contribution in [3.05, 3.63) is 75.2 Å². The Morgan fingerprint density at radius 1 is 1.05 bits per heavy atom. The SMILES string of the molecule is COc1nc(N2CCC2)ncc1-c1nc2c(n1C(C)C)C1(C(=O)Nc3cc(Cl)ccc31)N(c1cc(Cl)ccc1C)C2=O. The molecule has 0 radical (unpaired) electrons. The molecule has 1 N–H and O–H groups in total. The number of ether oxygens (including phenoxy) is 1. The van der Waals surface area contributed by atoms with E-state index in [0.29, 0.717) is 55.9 Å². The van der Waals surface area contributed by atoms with Crippen molar-refractivity contribution in [2.24, 2.45) is 0 Å². The smallest absolute Gasteiger partial charge is 0.280 e. The summed E-state index contributed by atoms with van der Waals surface area (Å²) in [6.07, 6.45) is 2.76. The normalized spacial score (nSPS) is 18.9. The second-order valence-corrected chi connectivity index (χ2v) is 11.8. The van der Waals surface area contributed by atoms with E-state index in [1.165, 1.54) is 4.90 Å². The van der Waals surface area contributed by atoms with Crippen molar-refractivity contribution in [1.82, 2.24) is 19.5 Å². The van der Waals surface area contributed by atoms with Gasteiger partial charge in [0.2, 0.25) is 11.8 Å². The fourth-order valence-electron chi connectivity index (χ4n) is 6.16. The van der Waals surface area contributed by atoms with Gasteiger partial charge in [0.15, 0.2) is 11.2 Å². The lowest BCUT2D eigenvalue weighted by molar-refractivity contribution is -0.119. The summed E-state index contributed by atoms with van der Waals surface area (Å²) in [5.41, 5.74) is 1.95. The highest BCUT2D eigenvalue weighted by Gasteiger charge is 2.64. The Hall–Kier alpha value is -4.15. The van der Waals surface area contributed by atoms with Gasteiger partial charge in [0.1, 0.15) is 5.82 Å². The number of aromatic nitrogens is 4. The molecule has 1 fully saturated rings. The molecular formula is C30H27Cl2N7O3. The maximum absolute atomic E-state index is 14.5. The molecule has 1 saturated heterocycles. The van der Waals surface area contributed by atoms with Gasteiger partial charge < -0.3 is 19.5 Å². The number of carbonyl (C=O) groups is 2. The molecule has 7 rings (SSSR count). The highest BCUT2D eigenvalue weighted by atomic mass is 35.5. The Bertz CT molecular complexity index is 1820. The van der Waals surface area contributed by atoms with Crippen LogP contribution in [0.25, 0.3) is 11.4 Å². The molecule has 42 heavy (non-hydrogen) atoms. The van der Waals surface area contributed by atoms with E-state index in [0.717, 1.165) is 25.1 Å². The first-order valence-electron chi connectivity index (χ1n) is 13.7. The molecule has 0 bridgehead atoms. The van der Waals surface area contributed by atoms with Crippen molar-refractivity contribution in [2.45, 2.75) is 38.8 Å². The fraction of sp³-hybridized carbons (Fsp3) is 0.300. The van der Waals surface area contributed by atoms with Crippen LogP contribution in [0.5, 0.6) is 5.88 Å². The van der Waals surface area contributed by atoms with Gasteiger partial charge in [-0.3, -0.25) is 14.5 Å². The molecule has 0 saturated carbocycles. The van der Waals surface area contributed by atoms with Crippen LogP contribution in [0, 0.1) is 6.92 Å². The zero-order valence-electron chi connectivity index (χ0n) is 23.4. The maximum Gasteiger partial charge on any atom is 0.280 e. The highest BCUT2D eigenvalue weighted by molar-refractivity contribution is 6.32. The number of rotatable bonds is 5. The number of methoxy groups -OCH3 is 1. The quantitative estimate of drug-likeness (QED) is 0.316. The molecule has 3 aliphatic rings. The first-order valence-corrected chi connectivity index (χ1v) is 14.4. The van der Waals surface area contributed by atoms with E-state index < -0.39 is 17.4 Å². The van der Waals surface area contributed by atoms with Crippen LogP contribution in [0.1, 0.15) is 53.6 Å². The predicted octanol–water partition coefficient (Wildman–Crippen LogP) is 5.61. The number of benzene rings is 2. The molecule has 5 heterocycles. The standard InChI is InChI=1S/C30H27Cl2N7O3/c1-15(2)38-24-23(35-25(38)19-14-33-29(36-26(19)42-4)37-10-5-11-37)27(40)39(22-13-18(32)7-6-16(22)3)30(24)20-9-8-17(31)12-21(20)34-28(30)41/h6-9,12-15H,5,10-11H2,1-4H3,(H,34,41). The Balaban J connectivity index is 1.53. The van der Waals surface area contributed by atoms with Crippen LogP contribution < -0.4 is 19.9 Å². The van der Waals surface area contributed by atoms with Crippen LogP contribution in [0.2, 0.25) is 10.0 Å². The van der Waals surface area contributed by atoms with Crippen molar-refractivity contribution >= 4 is 52.3 Å². The summed E-state index contributed by atoms with van der Waals surface area (Å²) in [5, 5.41) is 3.89. The van der Waals surface area contributed by atoms with Crippen LogP contribution in [-0.4, -0.2) is 51.5 Å². The number of hydrogen-bond acceptors (Lipinski definition) is 7. The highest BCUT2D eigenvalue weighted by Crippen LogP contribution is 2.55. The van der Waals surface area contributed by atoms with Crippen LogP contribution in [0.4, 0.5) is 17.3 Å².